The maximum atomic E-state index is 8.91. The van der Waals surface area contributed by atoms with Gasteiger partial charge >= 0.3 is 0 Å². The van der Waals surface area contributed by atoms with Crippen molar-refractivity contribution in [3.8, 4) is 29.4 Å². The number of ether oxygens (including phenoxy) is 2. The third-order valence-electron chi connectivity index (χ3n) is 2.56. The topological polar surface area (TPSA) is 42.2 Å². The third-order valence-corrected chi connectivity index (χ3v) is 2.56. The average Bonchev–Trinajstić information content (AvgIpc) is 2.52. The van der Waals surface area contributed by atoms with Crippen LogP contribution in [0.3, 0.4) is 0 Å². The molecule has 98 valence electrons. The van der Waals surface area contributed by atoms with Crippen LogP contribution < -0.4 is 9.47 Å². The van der Waals surface area contributed by atoms with E-state index < -0.39 is 0 Å². The Morgan fingerprint density at radius 3 is 2.45 bits per heavy atom. The van der Waals surface area contributed by atoms with Gasteiger partial charge in [-0.05, 0) is 24.3 Å². The Bertz CT molecular complexity index is 676. The highest BCUT2D eigenvalue weighted by Gasteiger charge is 2.01. The average molecular weight is 263 g/mol. The van der Waals surface area contributed by atoms with Gasteiger partial charge in [0.2, 0.25) is 0 Å². The highest BCUT2D eigenvalue weighted by Crippen LogP contribution is 2.22. The molecule has 0 aromatic heterocycles. The second kappa shape index (κ2) is 6.87. The van der Waals surface area contributed by atoms with Crippen molar-refractivity contribution in [2.75, 3.05) is 13.7 Å². The number of nitriles is 1. The minimum atomic E-state index is 0.257. The highest BCUT2D eigenvalue weighted by molar-refractivity contribution is 5.44. The van der Waals surface area contributed by atoms with Crippen LogP contribution in [0.15, 0.2) is 48.5 Å². The molecule has 0 spiro atoms. The maximum Gasteiger partial charge on any atom is 0.149 e. The van der Waals surface area contributed by atoms with E-state index in [-0.39, 0.29) is 6.61 Å². The Morgan fingerprint density at radius 1 is 1.00 bits per heavy atom. The lowest BCUT2D eigenvalue weighted by atomic mass is 10.2. The van der Waals surface area contributed by atoms with Crippen LogP contribution in [0.2, 0.25) is 0 Å². The molecule has 2 rings (SSSR count). The van der Waals surface area contributed by atoms with Crippen LogP contribution in [0.5, 0.6) is 11.5 Å². The lowest BCUT2D eigenvalue weighted by Crippen LogP contribution is -1.95. The van der Waals surface area contributed by atoms with Gasteiger partial charge in [-0.15, -0.1) is 0 Å². The van der Waals surface area contributed by atoms with Crippen LogP contribution in [-0.2, 0) is 0 Å². The monoisotopic (exact) mass is 263 g/mol. The Balaban J connectivity index is 2.01. The van der Waals surface area contributed by atoms with Crippen molar-refractivity contribution in [3.63, 3.8) is 0 Å². The van der Waals surface area contributed by atoms with Gasteiger partial charge in [0.15, 0.2) is 0 Å². The summed E-state index contributed by atoms with van der Waals surface area (Å²) in [5.74, 6) is 7.10. The normalized spacial score (nSPS) is 9.00. The van der Waals surface area contributed by atoms with Gasteiger partial charge in [0.1, 0.15) is 18.1 Å². The summed E-state index contributed by atoms with van der Waals surface area (Å²) in [6, 6.07) is 16.8. The van der Waals surface area contributed by atoms with Gasteiger partial charge < -0.3 is 9.47 Å². The summed E-state index contributed by atoms with van der Waals surface area (Å²) in [6.45, 7) is 0.257. The quantitative estimate of drug-likeness (QED) is 0.799. The summed E-state index contributed by atoms with van der Waals surface area (Å²) < 4.78 is 10.6. The molecule has 3 nitrogen and oxygen atoms in total. The zero-order chi connectivity index (χ0) is 14.2. The SMILES string of the molecule is COc1cc(C#N)cc(OCC#Cc2ccccc2)c1. The molecule has 0 amide bonds. The molecule has 3 heteroatoms. The van der Waals surface area contributed by atoms with Crippen molar-refractivity contribution >= 4 is 0 Å². The number of methoxy groups -OCH3 is 1. The van der Waals surface area contributed by atoms with E-state index in [1.165, 1.54) is 0 Å². The predicted molar refractivity (Wildman–Crippen MR) is 76.5 cm³/mol. The van der Waals surface area contributed by atoms with Crippen LogP contribution in [0.4, 0.5) is 0 Å². The van der Waals surface area contributed by atoms with Gasteiger partial charge in [-0.25, -0.2) is 0 Å². The van der Waals surface area contributed by atoms with Crippen LogP contribution in [0, 0.1) is 23.2 Å². The first-order chi connectivity index (χ1) is 9.81. The summed E-state index contributed by atoms with van der Waals surface area (Å²) in [6.07, 6.45) is 0. The van der Waals surface area contributed by atoms with Crippen LogP contribution >= 0.6 is 0 Å². The molecule has 2 aromatic rings. The molecule has 0 aliphatic rings. The summed E-state index contributed by atoms with van der Waals surface area (Å²) >= 11 is 0. The van der Waals surface area contributed by atoms with Gasteiger partial charge in [0, 0.05) is 11.6 Å². The fourth-order valence-corrected chi connectivity index (χ4v) is 1.62. The first-order valence-corrected chi connectivity index (χ1v) is 6.08. The molecular formula is C17H13NO2. The van der Waals surface area contributed by atoms with Crippen molar-refractivity contribution < 1.29 is 9.47 Å². The predicted octanol–water partition coefficient (Wildman–Crippen LogP) is 3.00. The van der Waals surface area contributed by atoms with E-state index in [4.69, 9.17) is 14.7 Å². The van der Waals surface area contributed by atoms with Gasteiger partial charge in [0.05, 0.1) is 18.7 Å². The fourth-order valence-electron chi connectivity index (χ4n) is 1.62. The molecule has 0 heterocycles. The van der Waals surface area contributed by atoms with E-state index in [2.05, 4.69) is 17.9 Å². The standard InChI is InChI=1S/C17H13NO2/c1-19-16-10-15(13-18)11-17(12-16)20-9-5-8-14-6-3-2-4-7-14/h2-4,6-7,10-12H,9H2,1H3. The van der Waals surface area contributed by atoms with Gasteiger partial charge in [-0.3, -0.25) is 0 Å². The zero-order valence-corrected chi connectivity index (χ0v) is 11.1. The number of hydrogen-bond donors (Lipinski definition) is 0. The van der Waals surface area contributed by atoms with Crippen LogP contribution in [0.25, 0.3) is 0 Å². The number of benzene rings is 2. The van der Waals surface area contributed by atoms with Gasteiger partial charge in [-0.1, -0.05) is 30.0 Å². The van der Waals surface area contributed by atoms with E-state index >= 15 is 0 Å². The lowest BCUT2D eigenvalue weighted by Gasteiger charge is -2.05. The summed E-state index contributed by atoms with van der Waals surface area (Å²) in [5, 5.41) is 8.91. The molecule has 2 aromatic carbocycles. The van der Waals surface area contributed by atoms with Gasteiger partial charge in [-0.2, -0.15) is 5.26 Å². The van der Waals surface area contributed by atoms with Crippen LogP contribution in [0.1, 0.15) is 11.1 Å². The van der Waals surface area contributed by atoms with E-state index in [0.717, 1.165) is 5.56 Å². The van der Waals surface area contributed by atoms with Crippen molar-refractivity contribution in [3.05, 3.63) is 59.7 Å². The molecule has 0 bridgehead atoms. The molecule has 0 saturated carbocycles. The Hall–Kier alpha value is -2.91. The van der Waals surface area contributed by atoms with E-state index in [0.29, 0.717) is 17.1 Å². The minimum Gasteiger partial charge on any atom is -0.497 e. The molecular weight excluding hydrogens is 250 g/mol. The maximum absolute atomic E-state index is 8.91. The Kier molecular flexibility index (Phi) is 4.65. The molecule has 0 radical (unpaired) electrons. The van der Waals surface area contributed by atoms with Crippen molar-refractivity contribution in [1.29, 1.82) is 5.26 Å². The first kappa shape index (κ1) is 13.5. The molecule has 0 atom stereocenters. The van der Waals surface area contributed by atoms with Crippen LogP contribution in [-0.4, -0.2) is 13.7 Å². The number of hydrogen-bond acceptors (Lipinski definition) is 3. The van der Waals surface area contributed by atoms with Crippen molar-refractivity contribution in [2.24, 2.45) is 0 Å². The number of rotatable bonds is 3. The molecule has 0 unspecified atom stereocenters. The smallest absolute Gasteiger partial charge is 0.149 e. The summed E-state index contributed by atoms with van der Waals surface area (Å²) in [4.78, 5) is 0. The molecule has 0 saturated heterocycles. The Morgan fingerprint density at radius 2 is 1.75 bits per heavy atom. The highest BCUT2D eigenvalue weighted by atomic mass is 16.5. The molecule has 0 fully saturated rings. The zero-order valence-electron chi connectivity index (χ0n) is 11.1. The third kappa shape index (κ3) is 3.80. The molecule has 0 aliphatic carbocycles. The summed E-state index contributed by atoms with van der Waals surface area (Å²) in [7, 11) is 1.55. The minimum absolute atomic E-state index is 0.257. The Labute approximate surface area is 118 Å². The lowest BCUT2D eigenvalue weighted by molar-refractivity contribution is 0.363. The number of nitrogens with zero attached hydrogens (tertiary/aromatic N) is 1. The van der Waals surface area contributed by atoms with Crippen molar-refractivity contribution in [2.45, 2.75) is 0 Å². The second-order valence-corrected chi connectivity index (χ2v) is 3.97. The summed E-state index contributed by atoms with van der Waals surface area (Å²) in [5.41, 5.74) is 1.44. The molecule has 20 heavy (non-hydrogen) atoms. The molecule has 0 aliphatic heterocycles. The largest absolute Gasteiger partial charge is 0.497 e. The van der Waals surface area contributed by atoms with Gasteiger partial charge in [0.25, 0.3) is 0 Å². The fraction of sp³-hybridized carbons (Fsp3) is 0.118. The van der Waals surface area contributed by atoms with E-state index in [1.807, 2.05) is 30.3 Å². The van der Waals surface area contributed by atoms with E-state index in [9.17, 15) is 0 Å². The molecule has 0 N–H and O–H groups in total. The van der Waals surface area contributed by atoms with Crippen molar-refractivity contribution in [1.82, 2.24) is 0 Å². The van der Waals surface area contributed by atoms with E-state index in [1.54, 1.807) is 25.3 Å². The first-order valence-electron chi connectivity index (χ1n) is 6.08. The second-order valence-electron chi connectivity index (χ2n) is 3.97.